The number of esters is 3. The average molecular weight is 1020 g/mol. The Morgan fingerprint density at radius 3 is 0.863 bits per heavy atom. The Kier molecular flexibility index (Phi) is 57.8. The normalized spacial score (nSPS) is 12.8. The number of unbranched alkanes of at least 4 members (excludes halogenated alkanes) is 28. The van der Waals surface area contributed by atoms with E-state index in [1.54, 1.807) is 0 Å². The highest BCUT2D eigenvalue weighted by Gasteiger charge is 2.19. The Labute approximate surface area is 451 Å². The zero-order chi connectivity index (χ0) is 52.9. The summed E-state index contributed by atoms with van der Waals surface area (Å²) >= 11 is 0. The first kappa shape index (κ1) is 69.3. The molecular formula is C67H114O6. The fraction of sp³-hybridized carbons (Fsp3) is 0.716. The Bertz CT molecular complexity index is 1440. The fourth-order valence-electron chi connectivity index (χ4n) is 8.54. The molecule has 73 heavy (non-hydrogen) atoms. The largest absolute Gasteiger partial charge is 0.462 e. The van der Waals surface area contributed by atoms with Gasteiger partial charge in [-0.25, -0.2) is 0 Å². The molecule has 0 aromatic rings. The van der Waals surface area contributed by atoms with Crippen LogP contribution in [0.25, 0.3) is 0 Å². The molecule has 0 rings (SSSR count). The molecule has 0 bridgehead atoms. The van der Waals surface area contributed by atoms with Gasteiger partial charge in [0.2, 0.25) is 0 Å². The molecule has 1 unspecified atom stereocenters. The zero-order valence-electron chi connectivity index (χ0n) is 47.9. The van der Waals surface area contributed by atoms with Crippen LogP contribution in [0.1, 0.15) is 290 Å². The van der Waals surface area contributed by atoms with E-state index in [2.05, 4.69) is 118 Å². The van der Waals surface area contributed by atoms with Crippen molar-refractivity contribution in [2.45, 2.75) is 297 Å². The van der Waals surface area contributed by atoms with Crippen molar-refractivity contribution < 1.29 is 28.6 Å². The van der Waals surface area contributed by atoms with Crippen LogP contribution in [-0.2, 0) is 28.6 Å². The first-order chi connectivity index (χ1) is 36.0. The second kappa shape index (κ2) is 60.9. The monoisotopic (exact) mass is 1010 g/mol. The van der Waals surface area contributed by atoms with Crippen LogP contribution in [0.2, 0.25) is 0 Å². The summed E-state index contributed by atoms with van der Waals surface area (Å²) in [6.07, 6.45) is 81.3. The number of hydrogen-bond acceptors (Lipinski definition) is 6. The molecule has 0 aromatic carbocycles. The second-order valence-corrected chi connectivity index (χ2v) is 20.2. The van der Waals surface area contributed by atoms with Crippen molar-refractivity contribution in [3.05, 3.63) is 97.2 Å². The molecule has 6 nitrogen and oxygen atoms in total. The molecule has 0 aliphatic heterocycles. The van der Waals surface area contributed by atoms with Crippen LogP contribution in [0.3, 0.4) is 0 Å². The van der Waals surface area contributed by atoms with Gasteiger partial charge >= 0.3 is 17.9 Å². The molecule has 0 aromatic heterocycles. The molecule has 0 saturated heterocycles. The van der Waals surface area contributed by atoms with E-state index in [4.69, 9.17) is 14.2 Å². The number of rotatable bonds is 55. The van der Waals surface area contributed by atoms with E-state index in [-0.39, 0.29) is 37.5 Å². The number of ether oxygens (including phenoxy) is 3. The van der Waals surface area contributed by atoms with Gasteiger partial charge in [-0.15, -0.1) is 0 Å². The molecule has 1 atom stereocenters. The van der Waals surface area contributed by atoms with Crippen molar-refractivity contribution >= 4 is 17.9 Å². The molecule has 0 N–H and O–H groups in total. The van der Waals surface area contributed by atoms with Crippen molar-refractivity contribution in [2.75, 3.05) is 13.2 Å². The third-order valence-corrected chi connectivity index (χ3v) is 13.1. The smallest absolute Gasteiger partial charge is 0.306 e. The van der Waals surface area contributed by atoms with Crippen LogP contribution >= 0.6 is 0 Å². The van der Waals surface area contributed by atoms with Crippen LogP contribution in [0.5, 0.6) is 0 Å². The van der Waals surface area contributed by atoms with E-state index in [0.717, 1.165) is 103 Å². The molecular weight excluding hydrogens is 901 g/mol. The molecule has 0 radical (unpaired) electrons. The maximum Gasteiger partial charge on any atom is 0.306 e. The molecule has 0 fully saturated rings. The van der Waals surface area contributed by atoms with Gasteiger partial charge in [-0.2, -0.15) is 0 Å². The zero-order valence-corrected chi connectivity index (χ0v) is 47.9. The van der Waals surface area contributed by atoms with Crippen molar-refractivity contribution in [1.82, 2.24) is 0 Å². The average Bonchev–Trinajstić information content (AvgIpc) is 3.39. The Balaban J connectivity index is 4.28. The SMILES string of the molecule is CC/C=C\C/C=C\C/C=C\C/C=C\CCCCCCCCCCCCCCCCC(=O)OCC(COC(=O)CCCCCCCCCCCCCCC)OC(=O)CCCC/C=C\C/C=C\C/C=C\C/C=C\CC. The predicted molar refractivity (Wildman–Crippen MR) is 316 cm³/mol. The van der Waals surface area contributed by atoms with Crippen molar-refractivity contribution in [3.63, 3.8) is 0 Å². The number of allylic oxidation sites excluding steroid dienone is 16. The Hall–Kier alpha value is -3.67. The van der Waals surface area contributed by atoms with Gasteiger partial charge < -0.3 is 14.2 Å². The molecule has 6 heteroatoms. The molecule has 0 amide bonds. The third-order valence-electron chi connectivity index (χ3n) is 13.1. The maximum absolute atomic E-state index is 12.8. The molecule has 0 spiro atoms. The van der Waals surface area contributed by atoms with Gasteiger partial charge in [0.05, 0.1) is 0 Å². The lowest BCUT2D eigenvalue weighted by atomic mass is 10.0. The van der Waals surface area contributed by atoms with E-state index >= 15 is 0 Å². The summed E-state index contributed by atoms with van der Waals surface area (Å²) < 4.78 is 16.9. The predicted octanol–water partition coefficient (Wildman–Crippen LogP) is 20.9. The molecule has 0 aliphatic rings. The van der Waals surface area contributed by atoms with Crippen molar-refractivity contribution in [3.8, 4) is 0 Å². The van der Waals surface area contributed by atoms with Gasteiger partial charge in [-0.1, -0.05) is 272 Å². The van der Waals surface area contributed by atoms with Crippen molar-refractivity contribution in [1.29, 1.82) is 0 Å². The number of carbonyl (C=O) groups excluding carboxylic acids is 3. The number of carbonyl (C=O) groups is 3. The summed E-state index contributed by atoms with van der Waals surface area (Å²) in [4.78, 5) is 38.2. The minimum Gasteiger partial charge on any atom is -0.462 e. The van der Waals surface area contributed by atoms with Crippen LogP contribution in [-0.4, -0.2) is 37.2 Å². The minimum atomic E-state index is -0.798. The fourth-order valence-corrected chi connectivity index (χ4v) is 8.54. The van der Waals surface area contributed by atoms with Gasteiger partial charge in [0.15, 0.2) is 6.10 Å². The summed E-state index contributed by atoms with van der Waals surface area (Å²) in [5.41, 5.74) is 0. The number of hydrogen-bond donors (Lipinski definition) is 0. The quantitative estimate of drug-likeness (QED) is 0.0261. The van der Waals surface area contributed by atoms with Gasteiger partial charge in [0.25, 0.3) is 0 Å². The van der Waals surface area contributed by atoms with E-state index in [0.29, 0.717) is 19.3 Å². The van der Waals surface area contributed by atoms with Crippen LogP contribution < -0.4 is 0 Å². The highest BCUT2D eigenvalue weighted by molar-refractivity contribution is 5.71. The topological polar surface area (TPSA) is 78.9 Å². The molecule has 418 valence electrons. The molecule has 0 aliphatic carbocycles. The highest BCUT2D eigenvalue weighted by Crippen LogP contribution is 2.16. The summed E-state index contributed by atoms with van der Waals surface area (Å²) in [7, 11) is 0. The summed E-state index contributed by atoms with van der Waals surface area (Å²) in [6.45, 7) is 6.40. The van der Waals surface area contributed by atoms with E-state index in [1.165, 1.54) is 141 Å². The molecule has 0 saturated carbocycles. The van der Waals surface area contributed by atoms with Gasteiger partial charge in [0.1, 0.15) is 13.2 Å². The summed E-state index contributed by atoms with van der Waals surface area (Å²) in [5, 5.41) is 0. The van der Waals surface area contributed by atoms with Crippen molar-refractivity contribution in [2.24, 2.45) is 0 Å². The lowest BCUT2D eigenvalue weighted by Crippen LogP contribution is -2.30. The van der Waals surface area contributed by atoms with E-state index < -0.39 is 6.10 Å². The van der Waals surface area contributed by atoms with Gasteiger partial charge in [-0.3, -0.25) is 14.4 Å². The third kappa shape index (κ3) is 59.1. The first-order valence-corrected chi connectivity index (χ1v) is 30.7. The Morgan fingerprint density at radius 1 is 0.288 bits per heavy atom. The summed E-state index contributed by atoms with van der Waals surface area (Å²) in [6, 6.07) is 0. The minimum absolute atomic E-state index is 0.0913. The molecule has 0 heterocycles. The first-order valence-electron chi connectivity index (χ1n) is 30.7. The van der Waals surface area contributed by atoms with E-state index in [1.807, 2.05) is 0 Å². The Morgan fingerprint density at radius 2 is 0.534 bits per heavy atom. The van der Waals surface area contributed by atoms with Crippen LogP contribution in [0, 0.1) is 0 Å². The van der Waals surface area contributed by atoms with Gasteiger partial charge in [0, 0.05) is 19.3 Å². The van der Waals surface area contributed by atoms with Crippen LogP contribution in [0.4, 0.5) is 0 Å². The standard InChI is InChI=1S/C67H114O6/c1-4-7-10-13-16-19-22-25-27-28-29-30-31-32-33-34-35-36-37-38-40-42-45-48-51-54-57-60-66(69)72-63-64(62-71-65(68)59-56-53-50-47-44-41-24-21-18-15-12-9-6-3)73-67(70)61-58-55-52-49-46-43-39-26-23-20-17-14-11-8-5-2/h7-8,10-11,16-17,19-20,25-27,29-30,39,46,49,64H,4-6,9,12-15,18,21-24,28,31-38,40-45,47-48,50-63H2,1-3H3/b10-7-,11-8-,19-16-,20-17-,27-25-,30-29-,39-26-,49-46-. The lowest BCUT2D eigenvalue weighted by Gasteiger charge is -2.18. The highest BCUT2D eigenvalue weighted by atomic mass is 16.6. The maximum atomic E-state index is 12.8. The van der Waals surface area contributed by atoms with Gasteiger partial charge in [-0.05, 0) is 96.3 Å². The lowest BCUT2D eigenvalue weighted by molar-refractivity contribution is -0.167. The van der Waals surface area contributed by atoms with Crippen LogP contribution in [0.15, 0.2) is 97.2 Å². The second-order valence-electron chi connectivity index (χ2n) is 20.2. The summed E-state index contributed by atoms with van der Waals surface area (Å²) in [5.74, 6) is -0.926. The van der Waals surface area contributed by atoms with E-state index in [9.17, 15) is 14.4 Å².